The van der Waals surface area contributed by atoms with Gasteiger partial charge in [0.15, 0.2) is 0 Å². The Balaban J connectivity index is 1.82. The third-order valence-corrected chi connectivity index (χ3v) is 3.63. The van der Waals surface area contributed by atoms with Gasteiger partial charge in [-0.15, -0.1) is 0 Å². The number of hydrogen-bond acceptors (Lipinski definition) is 3. The molecular formula is C12H22N2O2. The number of carbonyl (C=O) groups is 1. The van der Waals surface area contributed by atoms with E-state index in [0.717, 1.165) is 32.3 Å². The fourth-order valence-corrected chi connectivity index (χ4v) is 2.47. The van der Waals surface area contributed by atoms with Crippen molar-refractivity contribution in [3.63, 3.8) is 0 Å². The lowest BCUT2D eigenvalue weighted by atomic mass is 9.91. The molecule has 1 amide bonds. The minimum Gasteiger partial charge on any atom is -0.378 e. The van der Waals surface area contributed by atoms with Crippen molar-refractivity contribution in [2.75, 3.05) is 19.7 Å². The lowest BCUT2D eigenvalue weighted by Gasteiger charge is -2.37. The van der Waals surface area contributed by atoms with Crippen molar-refractivity contribution >= 4 is 5.91 Å². The van der Waals surface area contributed by atoms with Crippen LogP contribution < -0.4 is 5.73 Å². The zero-order valence-electron chi connectivity index (χ0n) is 9.86. The van der Waals surface area contributed by atoms with Crippen LogP contribution in [0.1, 0.15) is 38.5 Å². The number of ether oxygens (including phenoxy) is 1. The largest absolute Gasteiger partial charge is 0.378 e. The molecule has 0 bridgehead atoms. The topological polar surface area (TPSA) is 55.6 Å². The average Bonchev–Trinajstić information content (AvgIpc) is 2.67. The quantitative estimate of drug-likeness (QED) is 0.757. The molecule has 4 nitrogen and oxygen atoms in total. The molecular weight excluding hydrogens is 204 g/mol. The van der Waals surface area contributed by atoms with Gasteiger partial charge in [0.2, 0.25) is 5.91 Å². The van der Waals surface area contributed by atoms with Crippen molar-refractivity contribution < 1.29 is 9.53 Å². The Hall–Kier alpha value is -0.610. The van der Waals surface area contributed by atoms with E-state index >= 15 is 0 Å². The molecule has 0 aromatic heterocycles. The van der Waals surface area contributed by atoms with Crippen molar-refractivity contribution in [2.45, 2.75) is 50.7 Å². The van der Waals surface area contributed by atoms with Crippen molar-refractivity contribution in [3.05, 3.63) is 0 Å². The summed E-state index contributed by atoms with van der Waals surface area (Å²) in [5.74, 6) is 0.238. The first-order chi connectivity index (χ1) is 7.81. The van der Waals surface area contributed by atoms with E-state index in [1.807, 2.05) is 4.90 Å². The van der Waals surface area contributed by atoms with Crippen molar-refractivity contribution in [1.82, 2.24) is 4.90 Å². The molecule has 1 aliphatic carbocycles. The molecule has 1 unspecified atom stereocenters. The molecule has 2 fully saturated rings. The van der Waals surface area contributed by atoms with E-state index in [0.29, 0.717) is 25.6 Å². The summed E-state index contributed by atoms with van der Waals surface area (Å²) in [6.07, 6.45) is 6.39. The number of carbonyl (C=O) groups excluding carboxylic acids is 1. The van der Waals surface area contributed by atoms with E-state index in [9.17, 15) is 4.79 Å². The Kier molecular flexibility index (Phi) is 4.18. The van der Waals surface area contributed by atoms with Crippen LogP contribution in [0.15, 0.2) is 0 Å². The Morgan fingerprint density at radius 2 is 2.12 bits per heavy atom. The minimum absolute atomic E-state index is 0.160. The second kappa shape index (κ2) is 5.64. The molecule has 4 heteroatoms. The maximum Gasteiger partial charge on any atom is 0.225 e. The molecule has 0 aromatic rings. The van der Waals surface area contributed by atoms with Gasteiger partial charge in [-0.1, -0.05) is 0 Å². The van der Waals surface area contributed by atoms with Gasteiger partial charge in [0.1, 0.15) is 0 Å². The molecule has 2 aliphatic rings. The van der Waals surface area contributed by atoms with Crippen molar-refractivity contribution in [3.8, 4) is 0 Å². The summed E-state index contributed by atoms with van der Waals surface area (Å²) in [5.41, 5.74) is 5.57. The van der Waals surface area contributed by atoms with Gasteiger partial charge in [-0.2, -0.15) is 0 Å². The highest BCUT2D eigenvalue weighted by Crippen LogP contribution is 2.26. The van der Waals surface area contributed by atoms with Gasteiger partial charge in [0, 0.05) is 25.7 Å². The van der Waals surface area contributed by atoms with E-state index < -0.39 is 0 Å². The second-order valence-electron chi connectivity index (χ2n) is 4.80. The normalized spacial score (nSPS) is 25.4. The highest BCUT2D eigenvalue weighted by atomic mass is 16.5. The maximum absolute atomic E-state index is 12.1. The SMILES string of the molecule is NCCN(C(=O)CC1CCCO1)C1CCC1. The van der Waals surface area contributed by atoms with Crippen molar-refractivity contribution in [1.29, 1.82) is 0 Å². The van der Waals surface area contributed by atoms with Crippen LogP contribution in [-0.2, 0) is 9.53 Å². The molecule has 1 atom stereocenters. The standard InChI is InChI=1S/C12H22N2O2/c13-6-7-14(10-3-1-4-10)12(15)9-11-5-2-8-16-11/h10-11H,1-9,13H2. The minimum atomic E-state index is 0.160. The van der Waals surface area contributed by atoms with Gasteiger partial charge in [-0.3, -0.25) is 4.79 Å². The van der Waals surface area contributed by atoms with Crippen LogP contribution in [0, 0.1) is 0 Å². The molecule has 0 radical (unpaired) electrons. The molecule has 92 valence electrons. The number of hydrogen-bond donors (Lipinski definition) is 1. The van der Waals surface area contributed by atoms with E-state index in [2.05, 4.69) is 0 Å². The van der Waals surface area contributed by atoms with Gasteiger partial charge in [-0.05, 0) is 32.1 Å². The molecule has 1 saturated heterocycles. The highest BCUT2D eigenvalue weighted by molar-refractivity contribution is 5.77. The molecule has 2 N–H and O–H groups in total. The molecule has 16 heavy (non-hydrogen) atoms. The summed E-state index contributed by atoms with van der Waals surface area (Å²) >= 11 is 0. The van der Waals surface area contributed by atoms with Crippen LogP contribution in [-0.4, -0.2) is 42.6 Å². The van der Waals surface area contributed by atoms with Gasteiger partial charge in [-0.25, -0.2) is 0 Å². The Morgan fingerprint density at radius 3 is 2.62 bits per heavy atom. The summed E-state index contributed by atoms with van der Waals surface area (Å²) in [7, 11) is 0. The number of nitrogens with two attached hydrogens (primary N) is 1. The van der Waals surface area contributed by atoms with Gasteiger partial charge in [0.25, 0.3) is 0 Å². The first kappa shape index (κ1) is 11.9. The molecule has 1 aliphatic heterocycles. The third kappa shape index (κ3) is 2.74. The molecule has 0 aromatic carbocycles. The molecule has 1 saturated carbocycles. The smallest absolute Gasteiger partial charge is 0.225 e. The lowest BCUT2D eigenvalue weighted by Crippen LogP contribution is -2.47. The van der Waals surface area contributed by atoms with Crippen molar-refractivity contribution in [2.24, 2.45) is 5.73 Å². The van der Waals surface area contributed by atoms with E-state index in [1.165, 1.54) is 6.42 Å². The number of amides is 1. The van der Waals surface area contributed by atoms with E-state index in [-0.39, 0.29) is 12.0 Å². The average molecular weight is 226 g/mol. The summed E-state index contributed by atoms with van der Waals surface area (Å²) in [5, 5.41) is 0. The molecule has 2 rings (SSSR count). The highest BCUT2D eigenvalue weighted by Gasteiger charge is 2.30. The summed E-state index contributed by atoms with van der Waals surface area (Å²) in [4.78, 5) is 14.1. The van der Waals surface area contributed by atoms with Crippen LogP contribution >= 0.6 is 0 Å². The summed E-state index contributed by atoms with van der Waals surface area (Å²) in [6, 6.07) is 0.456. The predicted molar refractivity (Wildman–Crippen MR) is 62.0 cm³/mol. The number of rotatable bonds is 5. The third-order valence-electron chi connectivity index (χ3n) is 3.63. The predicted octanol–water partition coefficient (Wildman–Crippen LogP) is 0.895. The second-order valence-corrected chi connectivity index (χ2v) is 4.80. The van der Waals surface area contributed by atoms with Gasteiger partial charge < -0.3 is 15.4 Å². The monoisotopic (exact) mass is 226 g/mol. The van der Waals surface area contributed by atoms with E-state index in [4.69, 9.17) is 10.5 Å². The van der Waals surface area contributed by atoms with Crippen LogP contribution in [0.2, 0.25) is 0 Å². The van der Waals surface area contributed by atoms with Crippen LogP contribution in [0.5, 0.6) is 0 Å². The Labute approximate surface area is 97.1 Å². The maximum atomic E-state index is 12.1. The van der Waals surface area contributed by atoms with Gasteiger partial charge >= 0.3 is 0 Å². The first-order valence-electron chi connectivity index (χ1n) is 6.42. The van der Waals surface area contributed by atoms with Crippen LogP contribution in [0.3, 0.4) is 0 Å². The summed E-state index contributed by atoms with van der Waals surface area (Å²) in [6.45, 7) is 2.09. The zero-order valence-corrected chi connectivity index (χ0v) is 9.86. The summed E-state index contributed by atoms with van der Waals surface area (Å²) < 4.78 is 5.50. The fourth-order valence-electron chi connectivity index (χ4n) is 2.47. The number of nitrogens with zero attached hydrogens (tertiary/aromatic N) is 1. The Morgan fingerprint density at radius 1 is 1.31 bits per heavy atom. The molecule has 1 heterocycles. The van der Waals surface area contributed by atoms with E-state index in [1.54, 1.807) is 0 Å². The van der Waals surface area contributed by atoms with Gasteiger partial charge in [0.05, 0.1) is 12.5 Å². The fraction of sp³-hybridized carbons (Fsp3) is 0.917. The first-order valence-corrected chi connectivity index (χ1v) is 6.42. The zero-order chi connectivity index (χ0) is 11.4. The lowest BCUT2D eigenvalue weighted by molar-refractivity contribution is -0.137. The van der Waals surface area contributed by atoms with Crippen LogP contribution in [0.4, 0.5) is 0 Å². The Bertz CT molecular complexity index is 235. The van der Waals surface area contributed by atoms with Crippen LogP contribution in [0.25, 0.3) is 0 Å². The molecule has 0 spiro atoms.